The fourth-order valence-corrected chi connectivity index (χ4v) is 1.91. The van der Waals surface area contributed by atoms with Gasteiger partial charge in [-0.15, -0.1) is 0 Å². The second-order valence-electron chi connectivity index (χ2n) is 3.63. The van der Waals surface area contributed by atoms with Crippen LogP contribution in [0.5, 0.6) is 0 Å². The largest absolute Gasteiger partial charge is 0.283 e. The number of halogens is 1. The molecule has 0 aromatic heterocycles. The highest BCUT2D eigenvalue weighted by molar-refractivity contribution is 8.44. The van der Waals surface area contributed by atoms with Crippen molar-refractivity contribution in [2.45, 2.75) is 0 Å². The van der Waals surface area contributed by atoms with E-state index in [9.17, 15) is 4.79 Å². The zero-order valence-electron chi connectivity index (χ0n) is 8.00. The van der Waals surface area contributed by atoms with Crippen LogP contribution in [0, 0.1) is 0 Å². The Bertz CT molecular complexity index is 311. The summed E-state index contributed by atoms with van der Waals surface area (Å²) in [5.74, 6) is 0. The fourth-order valence-electron chi connectivity index (χ4n) is 0.940. The van der Waals surface area contributed by atoms with E-state index in [0.717, 1.165) is 5.56 Å². The Balaban J connectivity index is 2.97. The second kappa shape index (κ2) is 3.72. The van der Waals surface area contributed by atoms with E-state index in [4.69, 9.17) is 11.6 Å². The number of rotatable bonds is 1. The quantitative estimate of drug-likeness (QED) is 0.705. The molecule has 0 radical (unpaired) electrons. The van der Waals surface area contributed by atoms with Gasteiger partial charge >= 0.3 is 0 Å². The Morgan fingerprint density at radius 3 is 2.00 bits per heavy atom. The van der Waals surface area contributed by atoms with Crippen LogP contribution in [0.25, 0.3) is 0 Å². The summed E-state index contributed by atoms with van der Waals surface area (Å²) in [6.45, 7) is 0. The third kappa shape index (κ3) is 2.75. The summed E-state index contributed by atoms with van der Waals surface area (Å²) in [5.41, 5.74) is 0.756. The van der Waals surface area contributed by atoms with E-state index in [0.29, 0.717) is 5.02 Å². The summed E-state index contributed by atoms with van der Waals surface area (Å²) in [5, 5.41) is 0.893. The minimum Gasteiger partial charge on any atom is -0.283 e. The maximum absolute atomic E-state index is 11.8. The molecule has 0 bridgehead atoms. The Hall–Kier alpha value is -0.470. The predicted octanol–water partition coefficient (Wildman–Crippen LogP) is 3.17. The lowest BCUT2D eigenvalue weighted by Crippen LogP contribution is -2.07. The van der Waals surface area contributed by atoms with Crippen molar-refractivity contribution in [2.24, 2.45) is 0 Å². The van der Waals surface area contributed by atoms with Crippen LogP contribution in [0.1, 0.15) is 10.4 Å². The van der Waals surface area contributed by atoms with E-state index in [2.05, 4.69) is 0 Å². The molecule has 0 fully saturated rings. The summed E-state index contributed by atoms with van der Waals surface area (Å²) in [6, 6.07) is 7.06. The lowest BCUT2D eigenvalue weighted by atomic mass is 10.2. The summed E-state index contributed by atoms with van der Waals surface area (Å²) in [6.07, 6.45) is 5.97. The van der Waals surface area contributed by atoms with Gasteiger partial charge in [0.15, 0.2) is 0 Å². The van der Waals surface area contributed by atoms with Crippen molar-refractivity contribution in [1.82, 2.24) is 0 Å². The smallest absolute Gasteiger partial charge is 0.201 e. The highest BCUT2D eigenvalue weighted by atomic mass is 35.5. The van der Waals surface area contributed by atoms with Crippen LogP contribution >= 0.6 is 21.6 Å². The van der Waals surface area contributed by atoms with E-state index < -0.39 is 10.0 Å². The van der Waals surface area contributed by atoms with Crippen molar-refractivity contribution in [1.29, 1.82) is 0 Å². The van der Waals surface area contributed by atoms with Gasteiger partial charge in [0, 0.05) is 10.6 Å². The molecule has 1 aromatic carbocycles. The van der Waals surface area contributed by atoms with E-state index >= 15 is 0 Å². The highest BCUT2D eigenvalue weighted by Crippen LogP contribution is 2.38. The van der Waals surface area contributed by atoms with Crippen molar-refractivity contribution >= 4 is 26.7 Å². The van der Waals surface area contributed by atoms with E-state index in [1.165, 1.54) is 0 Å². The summed E-state index contributed by atoms with van der Waals surface area (Å²) in [7, 11) is -1.15. The van der Waals surface area contributed by atoms with Gasteiger partial charge in [0.1, 0.15) is 0 Å². The fraction of sp³-hybridized carbons (Fsp3) is 0.300. The van der Waals surface area contributed by atoms with Crippen molar-refractivity contribution in [3.63, 3.8) is 0 Å². The molecule has 1 aromatic rings. The first-order chi connectivity index (χ1) is 5.91. The molecule has 0 aliphatic carbocycles. The zero-order chi connectivity index (χ0) is 10.1. The van der Waals surface area contributed by atoms with Crippen LogP contribution in [0.2, 0.25) is 5.02 Å². The SMILES string of the molecule is CS(C)(C)C(=O)c1ccc(Cl)cc1. The van der Waals surface area contributed by atoms with Crippen molar-refractivity contribution < 1.29 is 4.79 Å². The molecule has 1 nitrogen and oxygen atoms in total. The monoisotopic (exact) mass is 216 g/mol. The number of carbonyl (C=O) groups excluding carboxylic acids is 1. The summed E-state index contributed by atoms with van der Waals surface area (Å²) in [4.78, 5) is 11.8. The van der Waals surface area contributed by atoms with Gasteiger partial charge in [0.25, 0.3) is 0 Å². The molecule has 0 atom stereocenters. The molecule has 0 heterocycles. The van der Waals surface area contributed by atoms with Crippen LogP contribution in [0.4, 0.5) is 0 Å². The maximum Gasteiger partial charge on any atom is 0.201 e. The van der Waals surface area contributed by atoms with Gasteiger partial charge in [-0.25, -0.2) is 0 Å². The molecule has 0 unspecified atom stereocenters. The lowest BCUT2D eigenvalue weighted by Gasteiger charge is -2.22. The summed E-state index contributed by atoms with van der Waals surface area (Å²) < 4.78 is 0. The normalized spacial score (nSPS) is 12.6. The Kier molecular flexibility index (Phi) is 3.04. The third-order valence-electron chi connectivity index (χ3n) is 1.64. The minimum absolute atomic E-state index is 0.226. The molecule has 0 N–H and O–H groups in total. The second-order valence-corrected chi connectivity index (χ2v) is 8.11. The van der Waals surface area contributed by atoms with Gasteiger partial charge in [0.2, 0.25) is 5.12 Å². The van der Waals surface area contributed by atoms with Gasteiger partial charge in [0.05, 0.1) is 0 Å². The van der Waals surface area contributed by atoms with Crippen molar-refractivity contribution in [3.05, 3.63) is 34.9 Å². The Morgan fingerprint density at radius 2 is 1.62 bits per heavy atom. The molecule has 0 saturated carbocycles. The molecule has 13 heavy (non-hydrogen) atoms. The Labute approximate surface area is 85.4 Å². The molecule has 0 aliphatic heterocycles. The van der Waals surface area contributed by atoms with Crippen molar-refractivity contribution in [3.8, 4) is 0 Å². The number of hydrogen-bond donors (Lipinski definition) is 0. The predicted molar refractivity (Wildman–Crippen MR) is 61.1 cm³/mol. The van der Waals surface area contributed by atoms with Crippen LogP contribution < -0.4 is 0 Å². The first-order valence-electron chi connectivity index (χ1n) is 3.89. The van der Waals surface area contributed by atoms with Gasteiger partial charge in [-0.3, -0.25) is 4.79 Å². The third-order valence-corrected chi connectivity index (χ3v) is 3.24. The van der Waals surface area contributed by atoms with Gasteiger partial charge in [-0.1, -0.05) is 11.6 Å². The minimum atomic E-state index is -1.15. The van der Waals surface area contributed by atoms with E-state index in [1.807, 2.05) is 18.8 Å². The number of hydrogen-bond acceptors (Lipinski definition) is 1. The lowest BCUT2D eigenvalue weighted by molar-refractivity contribution is 0.108. The van der Waals surface area contributed by atoms with Crippen LogP contribution in [-0.4, -0.2) is 23.9 Å². The van der Waals surface area contributed by atoms with Crippen LogP contribution in [0.15, 0.2) is 24.3 Å². The van der Waals surface area contributed by atoms with Gasteiger partial charge in [-0.05, 0) is 43.0 Å². The summed E-state index contributed by atoms with van der Waals surface area (Å²) >= 11 is 5.73. The Morgan fingerprint density at radius 1 is 1.15 bits per heavy atom. The average molecular weight is 217 g/mol. The van der Waals surface area contributed by atoms with Crippen molar-refractivity contribution in [2.75, 3.05) is 18.8 Å². The topological polar surface area (TPSA) is 17.1 Å². The molecule has 0 saturated heterocycles. The molecule has 0 aliphatic rings. The average Bonchev–Trinajstić information content (AvgIpc) is 2.03. The molecule has 1 rings (SSSR count). The van der Waals surface area contributed by atoms with Crippen LogP contribution in [0.3, 0.4) is 0 Å². The molecular weight excluding hydrogens is 204 g/mol. The standard InChI is InChI=1S/C10H13ClOS/c1-13(2,3)10(12)8-4-6-9(11)7-5-8/h4-7H,1-3H3. The maximum atomic E-state index is 11.8. The molecule has 0 amide bonds. The number of carbonyl (C=O) groups is 1. The molecular formula is C10H13ClOS. The first-order valence-corrected chi connectivity index (χ1v) is 7.13. The molecule has 72 valence electrons. The van der Waals surface area contributed by atoms with E-state index in [1.54, 1.807) is 24.3 Å². The van der Waals surface area contributed by atoms with Crippen LogP contribution in [-0.2, 0) is 0 Å². The molecule has 3 heteroatoms. The zero-order valence-corrected chi connectivity index (χ0v) is 9.58. The highest BCUT2D eigenvalue weighted by Gasteiger charge is 2.17. The van der Waals surface area contributed by atoms with Gasteiger partial charge in [-0.2, -0.15) is 10.0 Å². The van der Waals surface area contributed by atoms with E-state index in [-0.39, 0.29) is 5.12 Å². The van der Waals surface area contributed by atoms with Gasteiger partial charge < -0.3 is 0 Å². The molecule has 0 spiro atoms. The number of benzene rings is 1. The first kappa shape index (κ1) is 10.6.